The minimum Gasteiger partial charge on any atom is -0.454 e. The van der Waals surface area contributed by atoms with Crippen LogP contribution in [0.25, 0.3) is 92.2 Å². The van der Waals surface area contributed by atoms with Crippen molar-refractivity contribution >= 4 is 64.5 Å². The van der Waals surface area contributed by atoms with Gasteiger partial charge in [0.05, 0.1) is 5.52 Å². The zero-order valence-electron chi connectivity index (χ0n) is 25.4. The van der Waals surface area contributed by atoms with Gasteiger partial charge in [-0.1, -0.05) is 109 Å². The third kappa shape index (κ3) is 4.17. The van der Waals surface area contributed by atoms with Crippen LogP contribution >= 0.6 is 11.3 Å². The molecule has 10 aromatic rings. The summed E-state index contributed by atoms with van der Waals surface area (Å²) in [5.74, 6) is 0. The van der Waals surface area contributed by atoms with Crippen LogP contribution in [-0.4, -0.2) is 4.57 Å². The molecule has 220 valence electrons. The zero-order valence-corrected chi connectivity index (χ0v) is 26.2. The summed E-state index contributed by atoms with van der Waals surface area (Å²) in [7, 11) is 0. The number of rotatable bonds is 4. The van der Waals surface area contributed by atoms with E-state index in [1.54, 1.807) is 0 Å². The van der Waals surface area contributed by atoms with E-state index < -0.39 is 0 Å². The summed E-state index contributed by atoms with van der Waals surface area (Å²) in [5.41, 5.74) is 12.5. The Labute approximate surface area is 275 Å². The van der Waals surface area contributed by atoms with E-state index in [1.165, 1.54) is 48.0 Å². The Morgan fingerprint density at radius 2 is 0.957 bits per heavy atom. The number of thiophene rings is 1. The highest BCUT2D eigenvalue weighted by molar-refractivity contribution is 7.25. The van der Waals surface area contributed by atoms with E-state index in [1.807, 2.05) is 11.3 Å². The molecule has 47 heavy (non-hydrogen) atoms. The van der Waals surface area contributed by atoms with Gasteiger partial charge in [0.1, 0.15) is 11.1 Å². The summed E-state index contributed by atoms with van der Waals surface area (Å²) in [6, 6.07) is 58.9. The molecule has 0 saturated carbocycles. The molecule has 7 aromatic carbocycles. The molecule has 3 heteroatoms. The molecule has 0 radical (unpaired) electrons. The summed E-state index contributed by atoms with van der Waals surface area (Å²) in [5, 5.41) is 4.87. The largest absolute Gasteiger partial charge is 0.454 e. The van der Waals surface area contributed by atoms with Gasteiger partial charge in [-0.15, -0.1) is 11.3 Å². The lowest BCUT2D eigenvalue weighted by Gasteiger charge is -2.08. The molecule has 0 N–H and O–H groups in total. The van der Waals surface area contributed by atoms with Crippen molar-refractivity contribution in [2.75, 3.05) is 0 Å². The van der Waals surface area contributed by atoms with Gasteiger partial charge < -0.3 is 8.98 Å². The molecular formula is C44H27NOS. The quantitative estimate of drug-likeness (QED) is 0.192. The molecule has 3 aromatic heterocycles. The van der Waals surface area contributed by atoms with Crippen molar-refractivity contribution in [2.45, 2.75) is 0 Å². The Hall–Kier alpha value is -5.90. The predicted octanol–water partition coefficient (Wildman–Crippen LogP) is 12.9. The molecular weight excluding hydrogens is 591 g/mol. The van der Waals surface area contributed by atoms with E-state index in [2.05, 4.69) is 168 Å². The molecule has 0 aliphatic heterocycles. The van der Waals surface area contributed by atoms with Crippen molar-refractivity contribution in [3.8, 4) is 39.1 Å². The predicted molar refractivity (Wildman–Crippen MR) is 200 cm³/mol. The lowest BCUT2D eigenvalue weighted by atomic mass is 9.97. The van der Waals surface area contributed by atoms with Crippen LogP contribution < -0.4 is 0 Å². The van der Waals surface area contributed by atoms with E-state index in [0.717, 1.165) is 44.2 Å². The molecule has 0 bridgehead atoms. The summed E-state index contributed by atoms with van der Waals surface area (Å²) in [4.78, 5) is 0. The topological polar surface area (TPSA) is 18.1 Å². The smallest absolute Gasteiger partial charge is 0.161 e. The van der Waals surface area contributed by atoms with Crippen LogP contribution in [0.5, 0.6) is 0 Å². The minimum absolute atomic E-state index is 0.898. The van der Waals surface area contributed by atoms with E-state index in [-0.39, 0.29) is 0 Å². The Balaban J connectivity index is 1.05. The van der Waals surface area contributed by atoms with Gasteiger partial charge in [-0.3, -0.25) is 0 Å². The molecule has 0 aliphatic rings. The van der Waals surface area contributed by atoms with Gasteiger partial charge >= 0.3 is 0 Å². The molecule has 2 nitrogen and oxygen atoms in total. The third-order valence-electron chi connectivity index (χ3n) is 9.40. The fourth-order valence-corrected chi connectivity index (χ4v) is 8.32. The van der Waals surface area contributed by atoms with Crippen molar-refractivity contribution in [1.29, 1.82) is 0 Å². The van der Waals surface area contributed by atoms with Gasteiger partial charge in [0.15, 0.2) is 5.58 Å². The summed E-state index contributed by atoms with van der Waals surface area (Å²) in [6.45, 7) is 0. The zero-order chi connectivity index (χ0) is 30.9. The second kappa shape index (κ2) is 10.3. The van der Waals surface area contributed by atoms with Crippen molar-refractivity contribution in [1.82, 2.24) is 4.57 Å². The van der Waals surface area contributed by atoms with Crippen LogP contribution in [0, 0.1) is 0 Å². The maximum atomic E-state index is 6.64. The van der Waals surface area contributed by atoms with Crippen molar-refractivity contribution < 1.29 is 4.42 Å². The van der Waals surface area contributed by atoms with Gasteiger partial charge in [-0.25, -0.2) is 0 Å². The highest BCUT2D eigenvalue weighted by Crippen LogP contribution is 2.41. The van der Waals surface area contributed by atoms with E-state index >= 15 is 0 Å². The molecule has 0 atom stereocenters. The standard InChI is InChI=1S/C44H27NOS/c1-3-10-28(11-4-1)32-18-21-35-36-22-19-33(27-42(36)47-41(35)26-32)30-13-9-12-29(24-30)31-20-23-38-40(25-31)46-44-37-16-7-8-17-39(37)45(43(38)44)34-14-5-2-6-15-34/h1-27H. The highest BCUT2D eigenvalue weighted by atomic mass is 32.1. The Bertz CT molecular complexity index is 2780. The van der Waals surface area contributed by atoms with Crippen molar-refractivity contribution in [3.05, 3.63) is 164 Å². The maximum Gasteiger partial charge on any atom is 0.161 e. The highest BCUT2D eigenvalue weighted by Gasteiger charge is 2.19. The van der Waals surface area contributed by atoms with E-state index in [0.29, 0.717) is 0 Å². The van der Waals surface area contributed by atoms with E-state index in [9.17, 15) is 0 Å². The first-order chi connectivity index (χ1) is 23.3. The monoisotopic (exact) mass is 617 g/mol. The van der Waals surface area contributed by atoms with Gasteiger partial charge in [-0.2, -0.15) is 0 Å². The van der Waals surface area contributed by atoms with Gasteiger partial charge in [0.25, 0.3) is 0 Å². The average Bonchev–Trinajstić information content (AvgIpc) is 3.80. The van der Waals surface area contributed by atoms with Gasteiger partial charge in [0, 0.05) is 36.6 Å². The lowest BCUT2D eigenvalue weighted by Crippen LogP contribution is -1.92. The van der Waals surface area contributed by atoms with Crippen LogP contribution in [0.1, 0.15) is 0 Å². The molecule has 0 spiro atoms. The number of furan rings is 1. The Morgan fingerprint density at radius 3 is 1.68 bits per heavy atom. The number of para-hydroxylation sites is 2. The van der Waals surface area contributed by atoms with Crippen molar-refractivity contribution in [3.63, 3.8) is 0 Å². The normalized spacial score (nSPS) is 11.8. The first-order valence-electron chi connectivity index (χ1n) is 15.9. The molecule has 10 rings (SSSR count). The third-order valence-corrected chi connectivity index (χ3v) is 10.5. The fourth-order valence-electron chi connectivity index (χ4n) is 7.14. The number of hydrogen-bond acceptors (Lipinski definition) is 2. The Morgan fingerprint density at radius 1 is 0.404 bits per heavy atom. The lowest BCUT2D eigenvalue weighted by molar-refractivity contribution is 0.673. The fraction of sp³-hybridized carbons (Fsp3) is 0. The van der Waals surface area contributed by atoms with Gasteiger partial charge in [0.2, 0.25) is 0 Å². The SMILES string of the molecule is c1ccc(-c2ccc3c(c2)sc2cc(-c4cccc(-c5ccc6c(c5)oc5c7ccccc7n(-c7ccccc7)c65)c4)ccc23)cc1. The Kier molecular flexibility index (Phi) is 5.78. The number of nitrogens with zero attached hydrogens (tertiary/aromatic N) is 1. The number of benzene rings is 7. The van der Waals surface area contributed by atoms with Crippen LogP contribution in [-0.2, 0) is 0 Å². The number of fused-ring (bicyclic) bond motifs is 8. The van der Waals surface area contributed by atoms with Crippen molar-refractivity contribution in [2.24, 2.45) is 0 Å². The number of aromatic nitrogens is 1. The summed E-state index contributed by atoms with van der Waals surface area (Å²) in [6.07, 6.45) is 0. The number of hydrogen-bond donors (Lipinski definition) is 0. The van der Waals surface area contributed by atoms with Crippen LogP contribution in [0.4, 0.5) is 0 Å². The van der Waals surface area contributed by atoms with Gasteiger partial charge in [-0.05, 0) is 88.0 Å². The first kappa shape index (κ1) is 26.3. The average molecular weight is 618 g/mol. The summed E-state index contributed by atoms with van der Waals surface area (Å²) >= 11 is 1.87. The molecule has 0 amide bonds. The minimum atomic E-state index is 0.898. The molecule has 0 unspecified atom stereocenters. The first-order valence-corrected chi connectivity index (χ1v) is 16.7. The maximum absolute atomic E-state index is 6.64. The molecule has 0 saturated heterocycles. The summed E-state index contributed by atoms with van der Waals surface area (Å²) < 4.78 is 11.6. The van der Waals surface area contributed by atoms with Crippen LogP contribution in [0.3, 0.4) is 0 Å². The molecule has 0 fully saturated rings. The molecule has 3 heterocycles. The van der Waals surface area contributed by atoms with Crippen LogP contribution in [0.2, 0.25) is 0 Å². The second-order valence-electron chi connectivity index (χ2n) is 12.1. The second-order valence-corrected chi connectivity index (χ2v) is 13.2. The van der Waals surface area contributed by atoms with Crippen LogP contribution in [0.15, 0.2) is 168 Å². The molecule has 0 aliphatic carbocycles. The van der Waals surface area contributed by atoms with E-state index in [4.69, 9.17) is 4.42 Å².